The largest absolute Gasteiger partial charge is 0.481 e. The fraction of sp³-hybridized carbons (Fsp3) is 0.889. The van der Waals surface area contributed by atoms with E-state index < -0.39 is 37.5 Å². The van der Waals surface area contributed by atoms with Gasteiger partial charge in [0.25, 0.3) is 0 Å². The van der Waals surface area contributed by atoms with Crippen molar-refractivity contribution in [3.05, 3.63) is 12.2 Å². The van der Waals surface area contributed by atoms with E-state index in [2.05, 4.69) is 19.1 Å². The van der Waals surface area contributed by atoms with E-state index in [0.29, 0.717) is 6.42 Å². The number of carboxylic acid groups (broad SMARTS) is 1. The maximum absolute atomic E-state index is 10.4. The zero-order chi connectivity index (χ0) is 25.9. The Kier molecular flexibility index (Phi) is 29.2. The van der Waals surface area contributed by atoms with Crippen LogP contribution in [0.25, 0.3) is 0 Å². The SMILES string of the molecule is CCCCCCCC/C=C\CCCCCCCCCCCC(=O)O.OC[C@@H](O)[C@H](O)[C@@H](O)CO. The normalized spacial score (nSPS) is 13.9. The number of aliphatic carboxylic acids is 1. The molecule has 0 aromatic heterocycles. The van der Waals surface area contributed by atoms with Gasteiger partial charge in [-0.05, 0) is 32.1 Å². The highest BCUT2D eigenvalue weighted by Crippen LogP contribution is 2.12. The zero-order valence-corrected chi connectivity index (χ0v) is 21.6. The molecule has 0 aliphatic carbocycles. The summed E-state index contributed by atoms with van der Waals surface area (Å²) in [6.07, 6.45) is 22.8. The lowest BCUT2D eigenvalue weighted by Gasteiger charge is -2.19. The van der Waals surface area contributed by atoms with Gasteiger partial charge in [0.15, 0.2) is 0 Å². The van der Waals surface area contributed by atoms with E-state index in [1.54, 1.807) is 0 Å². The van der Waals surface area contributed by atoms with Gasteiger partial charge in [0.1, 0.15) is 18.3 Å². The van der Waals surface area contributed by atoms with Crippen LogP contribution in [0.4, 0.5) is 0 Å². The summed E-state index contributed by atoms with van der Waals surface area (Å²) < 4.78 is 0. The van der Waals surface area contributed by atoms with Gasteiger partial charge in [-0.25, -0.2) is 0 Å². The summed E-state index contributed by atoms with van der Waals surface area (Å²) in [4.78, 5) is 10.4. The highest BCUT2D eigenvalue weighted by molar-refractivity contribution is 5.66. The number of carbonyl (C=O) groups is 1. The molecule has 0 aromatic carbocycles. The summed E-state index contributed by atoms with van der Waals surface area (Å²) >= 11 is 0. The first kappa shape index (κ1) is 35.2. The lowest BCUT2D eigenvalue weighted by molar-refractivity contribution is -0.137. The van der Waals surface area contributed by atoms with E-state index in [4.69, 9.17) is 30.6 Å². The standard InChI is InChI=1S/C22H42O2.C5H12O5/c1-2-3-4-5-6-7-8-9-10-11-12-13-14-15-16-17-18-19-20-21-22(23)24;6-1-3(8)5(10)4(9)2-7/h9-10H,2-8,11-21H2,1H3,(H,23,24);3-10H,1-2H2/b10-9-;/t;3-,4+,5+. The van der Waals surface area contributed by atoms with Gasteiger partial charge in [-0.3, -0.25) is 4.79 Å². The molecule has 34 heavy (non-hydrogen) atoms. The Morgan fingerprint density at radius 2 is 0.971 bits per heavy atom. The Bertz CT molecular complexity index is 433. The summed E-state index contributed by atoms with van der Waals surface area (Å²) in [5.41, 5.74) is 0. The van der Waals surface area contributed by atoms with Crippen molar-refractivity contribution >= 4 is 5.97 Å². The second-order valence-electron chi connectivity index (χ2n) is 9.13. The predicted octanol–water partition coefficient (Wildman–Crippen LogP) is 4.72. The Labute approximate surface area is 207 Å². The van der Waals surface area contributed by atoms with Crippen LogP contribution in [0, 0.1) is 0 Å². The number of hydrogen-bond acceptors (Lipinski definition) is 6. The molecule has 0 amide bonds. The van der Waals surface area contributed by atoms with Gasteiger partial charge < -0.3 is 30.6 Å². The fourth-order valence-electron chi connectivity index (χ4n) is 3.53. The lowest BCUT2D eigenvalue weighted by atomic mass is 10.1. The highest BCUT2D eigenvalue weighted by atomic mass is 16.4. The first-order valence-corrected chi connectivity index (χ1v) is 13.5. The average Bonchev–Trinajstić information content (AvgIpc) is 2.84. The number of aliphatic hydroxyl groups excluding tert-OH is 5. The van der Waals surface area contributed by atoms with Crippen LogP contribution in [0.3, 0.4) is 0 Å². The summed E-state index contributed by atoms with van der Waals surface area (Å²) in [6.45, 7) is 0.990. The van der Waals surface area contributed by atoms with Crippen LogP contribution in [0.2, 0.25) is 0 Å². The minimum Gasteiger partial charge on any atom is -0.481 e. The smallest absolute Gasteiger partial charge is 0.303 e. The van der Waals surface area contributed by atoms with Crippen LogP contribution in [-0.4, -0.2) is 68.1 Å². The van der Waals surface area contributed by atoms with Crippen molar-refractivity contribution in [1.82, 2.24) is 0 Å². The third kappa shape index (κ3) is 27.3. The van der Waals surface area contributed by atoms with E-state index >= 15 is 0 Å². The van der Waals surface area contributed by atoms with Crippen LogP contribution < -0.4 is 0 Å². The monoisotopic (exact) mass is 490 g/mol. The molecular weight excluding hydrogens is 436 g/mol. The maximum Gasteiger partial charge on any atom is 0.303 e. The van der Waals surface area contributed by atoms with Crippen molar-refractivity contribution < 1.29 is 35.4 Å². The number of aliphatic hydroxyl groups is 5. The molecule has 0 aliphatic heterocycles. The lowest BCUT2D eigenvalue weighted by Crippen LogP contribution is -2.41. The van der Waals surface area contributed by atoms with Gasteiger partial charge in [-0.1, -0.05) is 96.1 Å². The maximum atomic E-state index is 10.4. The molecule has 0 aliphatic rings. The van der Waals surface area contributed by atoms with Crippen LogP contribution in [0.15, 0.2) is 12.2 Å². The van der Waals surface area contributed by atoms with Gasteiger partial charge in [0.05, 0.1) is 13.2 Å². The first-order chi connectivity index (χ1) is 16.4. The number of rotatable bonds is 23. The topological polar surface area (TPSA) is 138 Å². The van der Waals surface area contributed by atoms with E-state index in [1.165, 1.54) is 96.3 Å². The Morgan fingerprint density at radius 1 is 0.618 bits per heavy atom. The quantitative estimate of drug-likeness (QED) is 0.0899. The third-order valence-corrected chi connectivity index (χ3v) is 5.82. The minimum atomic E-state index is -1.49. The molecule has 0 heterocycles. The molecule has 3 atom stereocenters. The Balaban J connectivity index is 0. The van der Waals surface area contributed by atoms with Crippen molar-refractivity contribution in [2.24, 2.45) is 0 Å². The summed E-state index contributed by atoms with van der Waals surface area (Å²) in [5.74, 6) is -0.656. The molecule has 0 aromatic rings. The van der Waals surface area contributed by atoms with Gasteiger partial charge >= 0.3 is 5.97 Å². The van der Waals surface area contributed by atoms with Crippen molar-refractivity contribution in [3.8, 4) is 0 Å². The molecule has 0 spiro atoms. The molecule has 0 bridgehead atoms. The van der Waals surface area contributed by atoms with Crippen LogP contribution in [0.5, 0.6) is 0 Å². The van der Waals surface area contributed by atoms with Gasteiger partial charge in [-0.2, -0.15) is 0 Å². The van der Waals surface area contributed by atoms with Crippen LogP contribution in [0.1, 0.15) is 122 Å². The number of carboxylic acids is 1. The van der Waals surface area contributed by atoms with Crippen molar-refractivity contribution in [2.45, 2.75) is 141 Å². The van der Waals surface area contributed by atoms with E-state index in [0.717, 1.165) is 12.8 Å². The molecule has 0 fully saturated rings. The van der Waals surface area contributed by atoms with E-state index in [1.807, 2.05) is 0 Å². The fourth-order valence-corrected chi connectivity index (χ4v) is 3.53. The minimum absolute atomic E-state index is 0.340. The van der Waals surface area contributed by atoms with Crippen molar-refractivity contribution in [2.75, 3.05) is 13.2 Å². The highest BCUT2D eigenvalue weighted by Gasteiger charge is 2.22. The Morgan fingerprint density at radius 3 is 1.32 bits per heavy atom. The summed E-state index contributed by atoms with van der Waals surface area (Å²) in [6, 6.07) is 0. The second kappa shape index (κ2) is 28.2. The molecule has 0 radical (unpaired) electrons. The zero-order valence-electron chi connectivity index (χ0n) is 21.6. The average molecular weight is 491 g/mol. The number of unbranched alkanes of at least 4 members (excludes halogenated alkanes) is 15. The van der Waals surface area contributed by atoms with E-state index in [-0.39, 0.29) is 0 Å². The molecule has 204 valence electrons. The van der Waals surface area contributed by atoms with Crippen molar-refractivity contribution in [3.63, 3.8) is 0 Å². The molecule has 0 saturated heterocycles. The molecule has 7 heteroatoms. The molecule has 0 rings (SSSR count). The van der Waals surface area contributed by atoms with E-state index in [9.17, 15) is 4.79 Å². The molecule has 7 nitrogen and oxygen atoms in total. The van der Waals surface area contributed by atoms with Crippen molar-refractivity contribution in [1.29, 1.82) is 0 Å². The van der Waals surface area contributed by atoms with Crippen LogP contribution in [-0.2, 0) is 4.79 Å². The second-order valence-corrected chi connectivity index (χ2v) is 9.13. The summed E-state index contributed by atoms with van der Waals surface area (Å²) in [5, 5.41) is 51.1. The van der Waals surface area contributed by atoms with Crippen LogP contribution >= 0.6 is 0 Å². The van der Waals surface area contributed by atoms with Gasteiger partial charge in [0.2, 0.25) is 0 Å². The van der Waals surface area contributed by atoms with Gasteiger partial charge in [0, 0.05) is 6.42 Å². The number of allylic oxidation sites excluding steroid dienone is 2. The first-order valence-electron chi connectivity index (χ1n) is 13.5. The number of hydrogen-bond donors (Lipinski definition) is 6. The summed E-state index contributed by atoms with van der Waals surface area (Å²) in [7, 11) is 0. The van der Waals surface area contributed by atoms with Gasteiger partial charge in [-0.15, -0.1) is 0 Å². The predicted molar refractivity (Wildman–Crippen MR) is 138 cm³/mol. The molecule has 0 unspecified atom stereocenters. The molecule has 6 N–H and O–H groups in total. The Hall–Kier alpha value is -0.990. The molecule has 0 saturated carbocycles. The third-order valence-electron chi connectivity index (χ3n) is 5.82. The molecular formula is C27H54O7.